The molecule has 2 atom stereocenters. The maximum absolute atomic E-state index is 13.1. The molecule has 0 unspecified atom stereocenters. The van der Waals surface area contributed by atoms with Crippen molar-refractivity contribution in [3.8, 4) is 0 Å². The molecule has 0 radical (unpaired) electrons. The normalized spacial score (nSPS) is 15.3. The van der Waals surface area contributed by atoms with Gasteiger partial charge in [-0.25, -0.2) is 4.98 Å². The first-order chi connectivity index (χ1) is 13.6. The number of halogens is 6. The van der Waals surface area contributed by atoms with Gasteiger partial charge in [-0.2, -0.15) is 26.3 Å². The SMILES string of the molecule is C[C@@H](NC(=O)CCC(F)(F)F)c1ccc2nc([C@H](N)CC(C)(C)C(F)(F)F)[nH]c2c1. The molecule has 0 saturated heterocycles. The minimum atomic E-state index is -4.41. The number of aromatic nitrogens is 2. The summed E-state index contributed by atoms with van der Waals surface area (Å²) in [5.74, 6) is -0.539. The Labute approximate surface area is 169 Å². The van der Waals surface area contributed by atoms with Crippen LogP contribution < -0.4 is 11.1 Å². The number of benzene rings is 1. The third kappa shape index (κ3) is 6.10. The van der Waals surface area contributed by atoms with E-state index >= 15 is 0 Å². The van der Waals surface area contributed by atoms with Gasteiger partial charge in [0.05, 0.1) is 35.0 Å². The first kappa shape index (κ1) is 24.0. The summed E-state index contributed by atoms with van der Waals surface area (Å²) in [5, 5.41) is 2.49. The van der Waals surface area contributed by atoms with Gasteiger partial charge in [-0.15, -0.1) is 0 Å². The van der Waals surface area contributed by atoms with Crippen LogP contribution in [0.25, 0.3) is 11.0 Å². The molecule has 5 nitrogen and oxygen atoms in total. The fourth-order valence-corrected chi connectivity index (χ4v) is 2.91. The van der Waals surface area contributed by atoms with Gasteiger partial charge >= 0.3 is 12.4 Å². The van der Waals surface area contributed by atoms with Crippen molar-refractivity contribution < 1.29 is 31.1 Å². The van der Waals surface area contributed by atoms with Crippen molar-refractivity contribution in [2.75, 3.05) is 0 Å². The smallest absolute Gasteiger partial charge is 0.350 e. The Morgan fingerprint density at radius 2 is 1.83 bits per heavy atom. The third-order valence-electron chi connectivity index (χ3n) is 4.89. The van der Waals surface area contributed by atoms with E-state index in [1.165, 1.54) is 0 Å². The van der Waals surface area contributed by atoms with Gasteiger partial charge in [0.15, 0.2) is 0 Å². The van der Waals surface area contributed by atoms with Crippen LogP contribution in [-0.2, 0) is 4.79 Å². The fourth-order valence-electron chi connectivity index (χ4n) is 2.91. The van der Waals surface area contributed by atoms with Gasteiger partial charge in [0, 0.05) is 6.42 Å². The zero-order chi connectivity index (χ0) is 22.9. The lowest BCUT2D eigenvalue weighted by Gasteiger charge is -2.29. The van der Waals surface area contributed by atoms with Crippen LogP contribution in [0.5, 0.6) is 0 Å². The van der Waals surface area contributed by atoms with E-state index in [0.717, 1.165) is 13.8 Å². The molecule has 0 bridgehead atoms. The zero-order valence-electron chi connectivity index (χ0n) is 16.7. The van der Waals surface area contributed by atoms with Crippen LogP contribution in [0.1, 0.15) is 63.5 Å². The van der Waals surface area contributed by atoms with Crippen LogP contribution in [-0.4, -0.2) is 28.2 Å². The van der Waals surface area contributed by atoms with E-state index < -0.39 is 48.6 Å². The number of rotatable bonds is 7. The summed E-state index contributed by atoms with van der Waals surface area (Å²) in [6.45, 7) is 3.75. The predicted molar refractivity (Wildman–Crippen MR) is 99.3 cm³/mol. The standard InChI is InChI=1S/C19H24F6N4O/c1-10(27-15(30)6-7-18(20,21)22)11-4-5-13-14(8-11)29-16(28-13)12(26)9-17(2,3)19(23,24)25/h4-5,8,10,12H,6-7,9,26H2,1-3H3,(H,27,30)(H,28,29)/t10-,12-/m1/s1. The summed E-state index contributed by atoms with van der Waals surface area (Å²) in [4.78, 5) is 18.8. The molecule has 0 spiro atoms. The minimum absolute atomic E-state index is 0.196. The van der Waals surface area contributed by atoms with Crippen LogP contribution in [0, 0.1) is 5.41 Å². The number of carbonyl (C=O) groups excluding carboxylic acids is 1. The molecule has 0 aliphatic rings. The number of nitrogens with one attached hydrogen (secondary N) is 2. The Hall–Kier alpha value is -2.30. The van der Waals surface area contributed by atoms with E-state index in [4.69, 9.17) is 5.73 Å². The molecule has 30 heavy (non-hydrogen) atoms. The number of nitrogens with zero attached hydrogens (tertiary/aromatic N) is 1. The molecular weight excluding hydrogens is 414 g/mol. The Balaban J connectivity index is 2.11. The van der Waals surface area contributed by atoms with Gasteiger partial charge in [-0.3, -0.25) is 4.79 Å². The minimum Gasteiger partial charge on any atom is -0.350 e. The molecule has 1 aromatic carbocycles. The zero-order valence-corrected chi connectivity index (χ0v) is 16.7. The lowest BCUT2D eigenvalue weighted by Crippen LogP contribution is -2.35. The molecule has 11 heteroatoms. The highest BCUT2D eigenvalue weighted by Crippen LogP contribution is 2.43. The average molecular weight is 438 g/mol. The number of alkyl halides is 6. The molecule has 1 aromatic heterocycles. The van der Waals surface area contributed by atoms with Gasteiger partial charge in [0.2, 0.25) is 5.91 Å². The quantitative estimate of drug-likeness (QED) is 0.529. The van der Waals surface area contributed by atoms with Crippen molar-refractivity contribution in [2.45, 2.75) is 64.5 Å². The van der Waals surface area contributed by atoms with Crippen LogP contribution >= 0.6 is 0 Å². The van der Waals surface area contributed by atoms with Gasteiger partial charge in [-0.1, -0.05) is 19.9 Å². The van der Waals surface area contributed by atoms with Crippen molar-refractivity contribution in [1.29, 1.82) is 0 Å². The van der Waals surface area contributed by atoms with E-state index in [1.54, 1.807) is 25.1 Å². The van der Waals surface area contributed by atoms with E-state index in [1.807, 2.05) is 0 Å². The number of hydrogen-bond donors (Lipinski definition) is 3. The molecule has 2 rings (SSSR count). The number of nitrogens with two attached hydrogens (primary N) is 1. The Bertz CT molecular complexity index is 887. The second-order valence-electron chi connectivity index (χ2n) is 8.00. The highest BCUT2D eigenvalue weighted by atomic mass is 19.4. The van der Waals surface area contributed by atoms with Crippen LogP contribution in [0.2, 0.25) is 0 Å². The molecule has 0 aliphatic heterocycles. The van der Waals surface area contributed by atoms with Crippen LogP contribution in [0.3, 0.4) is 0 Å². The van der Waals surface area contributed by atoms with Crippen molar-refractivity contribution in [3.05, 3.63) is 29.6 Å². The second kappa shape index (κ2) is 8.44. The van der Waals surface area contributed by atoms with Crippen molar-refractivity contribution in [3.63, 3.8) is 0 Å². The summed E-state index contributed by atoms with van der Waals surface area (Å²) in [5.41, 5.74) is 5.51. The number of amides is 1. The van der Waals surface area contributed by atoms with E-state index in [2.05, 4.69) is 15.3 Å². The second-order valence-corrected chi connectivity index (χ2v) is 8.00. The Kier molecular flexibility index (Phi) is 6.75. The topological polar surface area (TPSA) is 83.8 Å². The molecule has 1 heterocycles. The molecule has 2 aromatic rings. The van der Waals surface area contributed by atoms with Crippen LogP contribution in [0.15, 0.2) is 18.2 Å². The van der Waals surface area contributed by atoms with Crippen molar-refractivity contribution in [1.82, 2.24) is 15.3 Å². The Morgan fingerprint density at radius 3 is 2.40 bits per heavy atom. The lowest BCUT2D eigenvalue weighted by molar-refractivity contribution is -0.215. The predicted octanol–water partition coefficient (Wildman–Crippen LogP) is 5.06. The number of H-pyrrole nitrogens is 1. The maximum atomic E-state index is 13.1. The van der Waals surface area contributed by atoms with Gasteiger partial charge in [0.25, 0.3) is 0 Å². The summed E-state index contributed by atoms with van der Waals surface area (Å²) in [6, 6.07) is 3.32. The number of aromatic amines is 1. The summed E-state index contributed by atoms with van der Waals surface area (Å²) in [7, 11) is 0. The first-order valence-electron chi connectivity index (χ1n) is 9.27. The maximum Gasteiger partial charge on any atom is 0.394 e. The molecule has 0 saturated carbocycles. The summed E-state index contributed by atoms with van der Waals surface area (Å²) >= 11 is 0. The van der Waals surface area contributed by atoms with E-state index in [9.17, 15) is 31.1 Å². The number of imidazole rings is 1. The molecule has 0 fully saturated rings. The number of fused-ring (bicyclic) bond motifs is 1. The molecule has 0 aliphatic carbocycles. The van der Waals surface area contributed by atoms with Crippen LogP contribution in [0.4, 0.5) is 26.3 Å². The molecule has 4 N–H and O–H groups in total. The van der Waals surface area contributed by atoms with Gasteiger partial charge < -0.3 is 16.0 Å². The summed E-state index contributed by atoms with van der Waals surface area (Å²) < 4.78 is 76.0. The number of hydrogen-bond acceptors (Lipinski definition) is 3. The largest absolute Gasteiger partial charge is 0.394 e. The van der Waals surface area contributed by atoms with E-state index in [0.29, 0.717) is 16.6 Å². The summed E-state index contributed by atoms with van der Waals surface area (Å²) in [6.07, 6.45) is -11.1. The fraction of sp³-hybridized carbons (Fsp3) is 0.579. The highest BCUT2D eigenvalue weighted by molar-refractivity contribution is 5.78. The van der Waals surface area contributed by atoms with Gasteiger partial charge in [0.1, 0.15) is 5.82 Å². The lowest BCUT2D eigenvalue weighted by atomic mass is 9.85. The molecular formula is C19H24F6N4O. The third-order valence-corrected chi connectivity index (χ3v) is 4.89. The molecule has 1 amide bonds. The van der Waals surface area contributed by atoms with Crippen molar-refractivity contribution >= 4 is 16.9 Å². The van der Waals surface area contributed by atoms with Gasteiger partial charge in [-0.05, 0) is 31.0 Å². The van der Waals surface area contributed by atoms with E-state index in [-0.39, 0.29) is 12.2 Å². The Morgan fingerprint density at radius 1 is 1.20 bits per heavy atom. The van der Waals surface area contributed by atoms with Crippen molar-refractivity contribution in [2.24, 2.45) is 11.1 Å². The highest BCUT2D eigenvalue weighted by Gasteiger charge is 2.48. The monoisotopic (exact) mass is 438 g/mol. The molecule has 168 valence electrons. The first-order valence-corrected chi connectivity index (χ1v) is 9.27. The average Bonchev–Trinajstić information content (AvgIpc) is 3.01. The number of carbonyl (C=O) groups is 1.